The smallest absolute Gasteiger partial charge is 0.419 e. The largest absolute Gasteiger partial charge is 1.00 e. The molecule has 0 N–H and O–H groups in total. The number of rotatable bonds is 4. The van der Waals surface area contributed by atoms with E-state index in [-0.39, 0.29) is 24.4 Å². The van der Waals surface area contributed by atoms with Crippen molar-refractivity contribution < 1.29 is 49.6 Å². The maximum absolute atomic E-state index is 13.5. The van der Waals surface area contributed by atoms with Crippen molar-refractivity contribution in [3.8, 4) is 0 Å². The molecule has 1 atom stereocenters. The van der Waals surface area contributed by atoms with E-state index in [1.807, 2.05) is 0 Å². The monoisotopic (exact) mass is 328 g/mol. The van der Waals surface area contributed by atoms with Crippen LogP contribution >= 0.6 is 0 Å². The molecule has 0 amide bonds. The number of benzene rings is 2. The summed E-state index contributed by atoms with van der Waals surface area (Å²) in [6.45, 7) is -0.825. The van der Waals surface area contributed by atoms with E-state index >= 15 is 0 Å². The summed E-state index contributed by atoms with van der Waals surface area (Å²) in [6, 6.07) is 11.6. The Balaban J connectivity index is 0.00000242. The van der Waals surface area contributed by atoms with Gasteiger partial charge in [-0.15, -0.1) is 0 Å². The summed E-state index contributed by atoms with van der Waals surface area (Å²) in [6.07, 6.45) is -5.67. The van der Waals surface area contributed by atoms with E-state index in [0.29, 0.717) is 0 Å². The summed E-state index contributed by atoms with van der Waals surface area (Å²) in [5, 5.41) is -3.16. The summed E-state index contributed by atoms with van der Waals surface area (Å²) in [5.74, 6) is 0. The van der Waals surface area contributed by atoms with Crippen LogP contribution in [0.3, 0.4) is 0 Å². The first-order valence-corrected chi connectivity index (χ1v) is 6.78. The van der Waals surface area contributed by atoms with Crippen LogP contribution in [-0.2, 0) is 30.5 Å². The molecular formula is C13H9F4LiO3S. The van der Waals surface area contributed by atoms with Crippen LogP contribution in [0.1, 0.15) is 5.56 Å². The van der Waals surface area contributed by atoms with Gasteiger partial charge in [-0.3, -0.25) is 0 Å². The van der Waals surface area contributed by atoms with Crippen molar-refractivity contribution in [2.75, 3.05) is 0 Å². The van der Waals surface area contributed by atoms with Crippen molar-refractivity contribution in [1.82, 2.24) is 0 Å². The molecule has 2 rings (SSSR count). The third-order valence-corrected chi connectivity index (χ3v) is 3.57. The molecule has 0 aromatic heterocycles. The minimum Gasteiger partial charge on any atom is -0.419 e. The van der Waals surface area contributed by atoms with Crippen molar-refractivity contribution in [3.63, 3.8) is 0 Å². The fraction of sp³-hybridized carbons (Fsp3) is 0.231. The van der Waals surface area contributed by atoms with Crippen molar-refractivity contribution in [3.05, 3.63) is 48.0 Å². The topological polar surface area (TPSA) is 43.4 Å². The van der Waals surface area contributed by atoms with Crippen molar-refractivity contribution >= 4 is 21.5 Å². The quantitative estimate of drug-likeness (QED) is 0.475. The van der Waals surface area contributed by atoms with E-state index in [1.54, 1.807) is 30.3 Å². The number of halogens is 4. The van der Waals surface area contributed by atoms with Crippen LogP contribution < -0.4 is 18.9 Å². The van der Waals surface area contributed by atoms with Crippen molar-refractivity contribution in [1.29, 1.82) is 0 Å². The molecule has 2 aromatic rings. The fourth-order valence-electron chi connectivity index (χ4n) is 1.73. The van der Waals surface area contributed by atoms with Gasteiger partial charge in [0.2, 0.25) is 0 Å². The molecule has 0 aliphatic heterocycles. The molecule has 0 radical (unpaired) electrons. The standard InChI is InChI=1S/C13H9F4O3S.Li/c14-12(15,16)13(17,21(18)19)20-8-9-5-6-10-3-1-2-4-11(10)7-9;/h1-7H,8H2;/q-1;+1. The zero-order chi connectivity index (χ0) is 15.7. The van der Waals surface area contributed by atoms with Gasteiger partial charge in [-0.05, 0) is 33.1 Å². The number of fused-ring (bicyclic) bond motifs is 1. The minimum absolute atomic E-state index is 0. The van der Waals surface area contributed by atoms with Crippen molar-refractivity contribution in [2.24, 2.45) is 0 Å². The Morgan fingerprint density at radius 3 is 2.09 bits per heavy atom. The molecule has 0 heterocycles. The van der Waals surface area contributed by atoms with Gasteiger partial charge < -0.3 is 13.2 Å². The fourth-order valence-corrected chi connectivity index (χ4v) is 2.07. The van der Waals surface area contributed by atoms with Gasteiger partial charge in [-0.1, -0.05) is 36.4 Å². The molecule has 114 valence electrons. The van der Waals surface area contributed by atoms with Gasteiger partial charge in [0.15, 0.2) is 0 Å². The average molecular weight is 328 g/mol. The maximum atomic E-state index is 13.5. The molecule has 0 saturated heterocycles. The molecule has 3 nitrogen and oxygen atoms in total. The van der Waals surface area contributed by atoms with Crippen LogP contribution in [0.15, 0.2) is 42.5 Å². The van der Waals surface area contributed by atoms with E-state index in [9.17, 15) is 26.0 Å². The van der Waals surface area contributed by atoms with Gasteiger partial charge in [0.05, 0.1) is 6.61 Å². The number of hydrogen-bond acceptors (Lipinski definition) is 4. The van der Waals surface area contributed by atoms with Crippen LogP contribution in [0.4, 0.5) is 17.6 Å². The molecule has 0 saturated carbocycles. The first-order chi connectivity index (χ1) is 9.74. The van der Waals surface area contributed by atoms with Gasteiger partial charge in [0.1, 0.15) is 0 Å². The Labute approximate surface area is 137 Å². The predicted molar refractivity (Wildman–Crippen MR) is 67.4 cm³/mol. The second kappa shape index (κ2) is 7.00. The Morgan fingerprint density at radius 2 is 1.55 bits per heavy atom. The SMILES string of the molecule is O=[S-](=O)C(F)(OCc1ccc2ccccc2c1)C(F)(F)F.[Li+]. The Hall–Kier alpha value is -1.07. The van der Waals surface area contributed by atoms with Gasteiger partial charge in [-0.25, -0.2) is 4.39 Å². The average Bonchev–Trinajstić information content (AvgIpc) is 2.43. The summed E-state index contributed by atoms with van der Waals surface area (Å²) in [4.78, 5) is 0. The molecular weight excluding hydrogens is 319 g/mol. The molecule has 0 bridgehead atoms. The Morgan fingerprint density at radius 1 is 0.955 bits per heavy atom. The van der Waals surface area contributed by atoms with Gasteiger partial charge >= 0.3 is 25.0 Å². The number of ether oxygens (including phenoxy) is 1. The molecule has 2 aromatic carbocycles. The Bertz CT molecular complexity index is 725. The second-order valence-electron chi connectivity index (χ2n) is 4.24. The molecule has 1 unspecified atom stereocenters. The zero-order valence-electron chi connectivity index (χ0n) is 11.4. The normalized spacial score (nSPS) is 14.6. The number of alkyl halides is 4. The minimum atomic E-state index is -5.67. The third-order valence-electron chi connectivity index (χ3n) is 2.79. The van der Waals surface area contributed by atoms with Crippen LogP contribution in [0.2, 0.25) is 0 Å². The van der Waals surface area contributed by atoms with Crippen molar-refractivity contribution in [2.45, 2.75) is 18.0 Å². The van der Waals surface area contributed by atoms with E-state index in [2.05, 4.69) is 4.74 Å². The van der Waals surface area contributed by atoms with E-state index in [4.69, 9.17) is 0 Å². The van der Waals surface area contributed by atoms with Gasteiger partial charge in [0, 0.05) is 0 Å². The van der Waals surface area contributed by atoms with E-state index in [1.165, 1.54) is 12.1 Å². The van der Waals surface area contributed by atoms with Crippen LogP contribution in [0, 0.1) is 0 Å². The summed E-state index contributed by atoms with van der Waals surface area (Å²) < 4.78 is 75.7. The van der Waals surface area contributed by atoms with Crippen LogP contribution in [0.5, 0.6) is 0 Å². The summed E-state index contributed by atoms with van der Waals surface area (Å²) >= 11 is 0. The van der Waals surface area contributed by atoms with E-state index in [0.717, 1.165) is 10.8 Å². The molecule has 9 heteroatoms. The third kappa shape index (κ3) is 3.82. The molecule has 0 aliphatic carbocycles. The van der Waals surface area contributed by atoms with Crippen LogP contribution in [0.25, 0.3) is 10.8 Å². The predicted octanol–water partition coefficient (Wildman–Crippen LogP) is 0.855. The number of hydrogen-bond donors (Lipinski definition) is 0. The maximum Gasteiger partial charge on any atom is 1.00 e. The molecule has 0 spiro atoms. The molecule has 22 heavy (non-hydrogen) atoms. The van der Waals surface area contributed by atoms with Gasteiger partial charge in [0.25, 0.3) is 5.19 Å². The second-order valence-corrected chi connectivity index (χ2v) is 5.23. The summed E-state index contributed by atoms with van der Waals surface area (Å²) in [5.41, 5.74) is 0.227. The Kier molecular flexibility index (Phi) is 6.04. The first-order valence-electron chi connectivity index (χ1n) is 5.71. The zero-order valence-corrected chi connectivity index (χ0v) is 12.2. The first kappa shape index (κ1) is 19.0. The van der Waals surface area contributed by atoms with E-state index < -0.39 is 28.7 Å². The van der Waals surface area contributed by atoms with Crippen LogP contribution in [-0.4, -0.2) is 11.4 Å². The molecule has 0 aliphatic rings. The summed E-state index contributed by atoms with van der Waals surface area (Å²) in [7, 11) is -4.10. The van der Waals surface area contributed by atoms with Gasteiger partial charge in [-0.2, -0.15) is 13.2 Å². The molecule has 0 fully saturated rings.